The minimum Gasteiger partial charge on any atom is -0.289 e. The predicted octanol–water partition coefficient (Wildman–Crippen LogP) is 6.10. The Kier molecular flexibility index (Phi) is 9.44. The van der Waals surface area contributed by atoms with Gasteiger partial charge in [0, 0.05) is 0 Å². The molecule has 4 rings (SSSR count). The Labute approximate surface area is 265 Å². The fourth-order valence-electron chi connectivity index (χ4n) is 6.25. The number of Topliss-reactive ketones (excluding diaryl/α,β-unsaturated/α-hetero) is 4. The van der Waals surface area contributed by atoms with Crippen LogP contribution in [0, 0.1) is 0 Å². The van der Waals surface area contributed by atoms with Crippen LogP contribution in [0.1, 0.15) is 69.1 Å². The van der Waals surface area contributed by atoms with Gasteiger partial charge in [0.05, 0.1) is 0 Å². The van der Waals surface area contributed by atoms with Gasteiger partial charge < -0.3 is 0 Å². The van der Waals surface area contributed by atoms with E-state index in [9.17, 15) is 19.2 Å². The molecule has 5 heteroatoms. The first kappa shape index (κ1) is 32.5. The summed E-state index contributed by atoms with van der Waals surface area (Å²) in [6, 6.07) is 28.5. The molecular formula is C40H36BO4-. The minimum absolute atomic E-state index is 0.298. The molecule has 0 amide bonds. The average Bonchev–Trinajstić information content (AvgIpc) is 3.04. The van der Waals surface area contributed by atoms with Crippen LogP contribution >= 0.6 is 0 Å². The zero-order valence-electron chi connectivity index (χ0n) is 26.3. The fraction of sp³-hybridized carbons (Fsp3) is 0.100. The van der Waals surface area contributed by atoms with Crippen molar-refractivity contribution in [3.05, 3.63) is 168 Å². The van der Waals surface area contributed by atoms with E-state index in [4.69, 9.17) is 0 Å². The van der Waals surface area contributed by atoms with Gasteiger partial charge in [0.25, 0.3) is 0 Å². The number of hydrogen-bond acceptors (Lipinski definition) is 4. The topological polar surface area (TPSA) is 68.3 Å². The van der Waals surface area contributed by atoms with E-state index in [1.165, 1.54) is 0 Å². The Bertz CT molecular complexity index is 1660. The molecule has 0 saturated heterocycles. The van der Waals surface area contributed by atoms with E-state index in [-0.39, 0.29) is 23.1 Å². The first-order valence-electron chi connectivity index (χ1n) is 14.7. The lowest BCUT2D eigenvalue weighted by molar-refractivity contribution is 0.102. The number of hydrogen-bond donors (Lipinski definition) is 0. The molecule has 0 saturated carbocycles. The lowest BCUT2D eigenvalue weighted by Gasteiger charge is -2.48. The molecule has 0 aliphatic rings. The van der Waals surface area contributed by atoms with Crippen LogP contribution in [0.2, 0.25) is 0 Å². The van der Waals surface area contributed by atoms with Gasteiger partial charge in [-0.2, -0.15) is 21.9 Å². The molecule has 0 N–H and O–H groups in total. The summed E-state index contributed by atoms with van der Waals surface area (Å²) in [5.74, 6) is -1.19. The molecule has 0 unspecified atom stereocenters. The molecule has 4 aromatic rings. The number of carbonyl (C=O) groups is 4. The van der Waals surface area contributed by atoms with Crippen LogP contribution in [0.15, 0.2) is 146 Å². The summed E-state index contributed by atoms with van der Waals surface area (Å²) in [4.78, 5) is 55.8. The SMILES string of the molecule is C=C(C)C(=O)c1ccccc1[B-](c1ccccc1C(=O)C(=C)C)(c1ccccc1C(=O)C(=C)C)c1ccccc1C(=O)C(=C)C. The van der Waals surface area contributed by atoms with Crippen molar-refractivity contribution in [1.29, 1.82) is 0 Å². The third-order valence-corrected chi connectivity index (χ3v) is 8.24. The number of benzene rings is 4. The molecule has 0 aromatic heterocycles. The van der Waals surface area contributed by atoms with Crippen LogP contribution in [0.5, 0.6) is 0 Å². The van der Waals surface area contributed by atoms with Crippen molar-refractivity contribution < 1.29 is 19.2 Å². The van der Waals surface area contributed by atoms with Gasteiger partial charge in [0.2, 0.25) is 0 Å². The van der Waals surface area contributed by atoms with Crippen molar-refractivity contribution in [3.63, 3.8) is 0 Å². The summed E-state index contributed by atoms with van der Waals surface area (Å²) in [6.45, 7) is 22.3. The second-order valence-electron chi connectivity index (χ2n) is 11.7. The van der Waals surface area contributed by atoms with E-state index in [2.05, 4.69) is 26.3 Å². The highest BCUT2D eigenvalue weighted by molar-refractivity contribution is 7.21. The molecule has 224 valence electrons. The standard InChI is InChI=1S/C40H36BO4/c1-25(2)37(42)29-17-9-13-21-33(29)41(34-22-14-10-18-30(34)38(43)26(3)4,35-23-15-11-19-31(35)39(44)27(5)6)36-24-16-12-20-32(36)40(45)28(7)8/h9-24H,1,3,5,7H2,2,4,6,8H3/q-1. The average molecular weight is 592 g/mol. The van der Waals surface area contributed by atoms with E-state index in [0.717, 1.165) is 0 Å². The first-order chi connectivity index (χ1) is 21.3. The van der Waals surface area contributed by atoms with Crippen molar-refractivity contribution in [2.45, 2.75) is 27.7 Å². The highest BCUT2D eigenvalue weighted by atomic mass is 16.1. The highest BCUT2D eigenvalue weighted by Gasteiger charge is 2.40. The fourth-order valence-corrected chi connectivity index (χ4v) is 6.25. The van der Waals surface area contributed by atoms with E-state index in [1.807, 2.05) is 48.5 Å². The molecular weight excluding hydrogens is 555 g/mol. The molecule has 4 aromatic carbocycles. The summed E-state index contributed by atoms with van der Waals surface area (Å²) < 4.78 is 0. The van der Waals surface area contributed by atoms with Gasteiger partial charge >= 0.3 is 0 Å². The maximum absolute atomic E-state index is 14.0. The summed E-state index contributed by atoms with van der Waals surface area (Å²) in [5.41, 5.74) is 4.80. The Morgan fingerprint density at radius 3 is 0.733 bits per heavy atom. The quantitative estimate of drug-likeness (QED) is 0.114. The van der Waals surface area contributed by atoms with Crippen molar-refractivity contribution in [2.75, 3.05) is 0 Å². The molecule has 0 fully saturated rings. The number of ketones is 4. The highest BCUT2D eigenvalue weighted by Crippen LogP contribution is 2.22. The Morgan fingerprint density at radius 2 is 0.556 bits per heavy atom. The maximum Gasteiger partial charge on any atom is 0.185 e. The van der Waals surface area contributed by atoms with Crippen LogP contribution < -0.4 is 21.9 Å². The summed E-state index contributed by atoms with van der Waals surface area (Å²) in [7, 11) is 0. The number of allylic oxidation sites excluding steroid dienone is 4. The van der Waals surface area contributed by atoms with Gasteiger partial charge in [0.15, 0.2) is 23.1 Å². The zero-order chi connectivity index (χ0) is 33.1. The van der Waals surface area contributed by atoms with E-state index in [1.54, 1.807) is 76.2 Å². The molecule has 0 heterocycles. The lowest BCUT2D eigenvalue weighted by Crippen LogP contribution is -2.78. The second-order valence-corrected chi connectivity index (χ2v) is 11.7. The molecule has 0 aliphatic carbocycles. The minimum atomic E-state index is -2.63. The third-order valence-electron chi connectivity index (χ3n) is 8.24. The van der Waals surface area contributed by atoms with Gasteiger partial charge in [-0.15, -0.1) is 0 Å². The van der Waals surface area contributed by atoms with Crippen molar-refractivity contribution in [2.24, 2.45) is 0 Å². The van der Waals surface area contributed by atoms with Crippen LogP contribution in [-0.2, 0) is 0 Å². The number of carbonyl (C=O) groups excluding carboxylic acids is 4. The Balaban J connectivity index is 2.47. The molecule has 0 bridgehead atoms. The Morgan fingerprint density at radius 1 is 0.378 bits per heavy atom. The summed E-state index contributed by atoms with van der Waals surface area (Å²) >= 11 is 0. The van der Waals surface area contributed by atoms with Gasteiger partial charge in [-0.25, -0.2) is 0 Å². The van der Waals surface area contributed by atoms with Crippen LogP contribution in [0.3, 0.4) is 0 Å². The van der Waals surface area contributed by atoms with Crippen molar-refractivity contribution in [1.82, 2.24) is 0 Å². The molecule has 0 aliphatic heterocycles. The van der Waals surface area contributed by atoms with Crippen LogP contribution in [-0.4, -0.2) is 29.3 Å². The lowest BCUT2D eigenvalue weighted by atomic mass is 9.11. The van der Waals surface area contributed by atoms with Crippen LogP contribution in [0.4, 0.5) is 0 Å². The first-order valence-corrected chi connectivity index (χ1v) is 14.7. The molecule has 45 heavy (non-hydrogen) atoms. The number of rotatable bonds is 12. The predicted molar refractivity (Wildman–Crippen MR) is 187 cm³/mol. The van der Waals surface area contributed by atoms with Gasteiger partial charge in [0.1, 0.15) is 6.15 Å². The Hall–Kier alpha value is -5.42. The van der Waals surface area contributed by atoms with Crippen molar-refractivity contribution >= 4 is 51.1 Å². The zero-order valence-corrected chi connectivity index (χ0v) is 26.3. The summed E-state index contributed by atoms with van der Waals surface area (Å²) in [5, 5.41) is 0. The van der Waals surface area contributed by atoms with Gasteiger partial charge in [-0.1, -0.05) is 123 Å². The smallest absolute Gasteiger partial charge is 0.185 e. The molecule has 0 radical (unpaired) electrons. The van der Waals surface area contributed by atoms with Crippen LogP contribution in [0.25, 0.3) is 0 Å². The molecule has 4 nitrogen and oxygen atoms in total. The molecule has 0 spiro atoms. The van der Waals surface area contributed by atoms with Gasteiger partial charge in [-0.3, -0.25) is 19.2 Å². The third kappa shape index (κ3) is 5.77. The largest absolute Gasteiger partial charge is 0.289 e. The van der Waals surface area contributed by atoms with Gasteiger partial charge in [-0.05, 0) is 72.2 Å². The second kappa shape index (κ2) is 13.1. The molecule has 0 atom stereocenters. The monoisotopic (exact) mass is 591 g/mol. The van der Waals surface area contributed by atoms with E-state index >= 15 is 0 Å². The normalized spacial score (nSPS) is 10.9. The van der Waals surface area contributed by atoms with E-state index < -0.39 is 6.15 Å². The maximum atomic E-state index is 14.0. The van der Waals surface area contributed by atoms with E-state index in [0.29, 0.717) is 66.4 Å². The summed E-state index contributed by atoms with van der Waals surface area (Å²) in [6.07, 6.45) is -2.63. The van der Waals surface area contributed by atoms with Crippen molar-refractivity contribution in [3.8, 4) is 0 Å².